The second kappa shape index (κ2) is 6.19. The molecule has 106 valence electrons. The van der Waals surface area contributed by atoms with Crippen molar-refractivity contribution in [3.8, 4) is 0 Å². The topological polar surface area (TPSA) is 55.4 Å². The SMILES string of the molecule is CCOC(=O)CNC(=O)c1sc2cccc(F)c2c1Cl. The van der Waals surface area contributed by atoms with E-state index in [2.05, 4.69) is 5.32 Å². The quantitative estimate of drug-likeness (QED) is 0.882. The molecule has 1 heterocycles. The highest BCUT2D eigenvalue weighted by molar-refractivity contribution is 7.21. The predicted octanol–water partition coefficient (Wildman–Crippen LogP) is 2.99. The molecule has 0 atom stereocenters. The zero-order valence-corrected chi connectivity index (χ0v) is 12.1. The van der Waals surface area contributed by atoms with Crippen LogP contribution in [-0.4, -0.2) is 25.0 Å². The maximum Gasteiger partial charge on any atom is 0.325 e. The van der Waals surface area contributed by atoms with Crippen LogP contribution in [0.5, 0.6) is 0 Å². The average molecular weight is 316 g/mol. The van der Waals surface area contributed by atoms with Crippen LogP contribution >= 0.6 is 22.9 Å². The van der Waals surface area contributed by atoms with Crippen molar-refractivity contribution in [1.82, 2.24) is 5.32 Å². The number of nitrogens with one attached hydrogen (secondary N) is 1. The Hall–Kier alpha value is -1.66. The van der Waals surface area contributed by atoms with Gasteiger partial charge in [0.25, 0.3) is 5.91 Å². The molecular weight excluding hydrogens is 305 g/mol. The van der Waals surface area contributed by atoms with Gasteiger partial charge in [-0.2, -0.15) is 0 Å². The fraction of sp³-hybridized carbons (Fsp3) is 0.231. The van der Waals surface area contributed by atoms with E-state index >= 15 is 0 Å². The number of benzene rings is 1. The van der Waals surface area contributed by atoms with Crippen LogP contribution in [0.25, 0.3) is 10.1 Å². The lowest BCUT2D eigenvalue weighted by Gasteiger charge is -2.03. The molecule has 0 aliphatic rings. The molecule has 1 amide bonds. The summed E-state index contributed by atoms with van der Waals surface area (Å²) in [6.45, 7) is 1.66. The van der Waals surface area contributed by atoms with E-state index in [-0.39, 0.29) is 28.4 Å². The monoisotopic (exact) mass is 315 g/mol. The number of thiophene rings is 1. The summed E-state index contributed by atoms with van der Waals surface area (Å²) in [6, 6.07) is 4.50. The van der Waals surface area contributed by atoms with E-state index in [1.54, 1.807) is 19.1 Å². The number of fused-ring (bicyclic) bond motifs is 1. The number of rotatable bonds is 4. The summed E-state index contributed by atoms with van der Waals surface area (Å²) in [4.78, 5) is 23.3. The van der Waals surface area contributed by atoms with Crippen LogP contribution in [0.2, 0.25) is 5.02 Å². The van der Waals surface area contributed by atoms with Crippen LogP contribution in [0.3, 0.4) is 0 Å². The highest BCUT2D eigenvalue weighted by atomic mass is 35.5. The van der Waals surface area contributed by atoms with Crippen LogP contribution in [0.15, 0.2) is 18.2 Å². The number of carbonyl (C=O) groups is 2. The summed E-state index contributed by atoms with van der Waals surface area (Å²) in [5.74, 6) is -1.54. The Labute approximate surface area is 123 Å². The van der Waals surface area contributed by atoms with E-state index in [0.29, 0.717) is 4.70 Å². The van der Waals surface area contributed by atoms with Crippen molar-refractivity contribution in [2.45, 2.75) is 6.92 Å². The molecule has 0 radical (unpaired) electrons. The van der Waals surface area contributed by atoms with Gasteiger partial charge in [-0.1, -0.05) is 17.7 Å². The summed E-state index contributed by atoms with van der Waals surface area (Å²) >= 11 is 7.10. The summed E-state index contributed by atoms with van der Waals surface area (Å²) in [5.41, 5.74) is 0. The van der Waals surface area contributed by atoms with Gasteiger partial charge < -0.3 is 10.1 Å². The number of ether oxygens (including phenoxy) is 1. The Kier molecular flexibility index (Phi) is 4.57. The Morgan fingerprint density at radius 2 is 2.20 bits per heavy atom. The Morgan fingerprint density at radius 3 is 2.85 bits per heavy atom. The molecule has 0 aliphatic heterocycles. The molecule has 0 bridgehead atoms. The average Bonchev–Trinajstić information content (AvgIpc) is 2.75. The van der Waals surface area contributed by atoms with Gasteiger partial charge in [-0.25, -0.2) is 4.39 Å². The van der Waals surface area contributed by atoms with Crippen molar-refractivity contribution < 1.29 is 18.7 Å². The maximum absolute atomic E-state index is 13.7. The van der Waals surface area contributed by atoms with Gasteiger partial charge in [-0.3, -0.25) is 9.59 Å². The van der Waals surface area contributed by atoms with Crippen molar-refractivity contribution in [1.29, 1.82) is 0 Å². The molecule has 0 spiro atoms. The number of amides is 1. The number of halogens is 2. The lowest BCUT2D eigenvalue weighted by atomic mass is 10.2. The first-order valence-corrected chi connectivity index (χ1v) is 7.04. The molecule has 0 saturated carbocycles. The number of hydrogen-bond acceptors (Lipinski definition) is 4. The fourth-order valence-corrected chi connectivity index (χ4v) is 3.14. The molecule has 20 heavy (non-hydrogen) atoms. The fourth-order valence-electron chi connectivity index (χ4n) is 1.66. The maximum atomic E-state index is 13.7. The highest BCUT2D eigenvalue weighted by Crippen LogP contribution is 2.36. The molecule has 2 rings (SSSR count). The Balaban J connectivity index is 2.21. The largest absolute Gasteiger partial charge is 0.465 e. The minimum Gasteiger partial charge on any atom is -0.465 e. The molecule has 1 aromatic heterocycles. The zero-order valence-electron chi connectivity index (χ0n) is 10.5. The predicted molar refractivity (Wildman–Crippen MR) is 75.8 cm³/mol. The van der Waals surface area contributed by atoms with Crippen molar-refractivity contribution in [3.05, 3.63) is 33.9 Å². The van der Waals surface area contributed by atoms with Gasteiger partial charge in [0.2, 0.25) is 0 Å². The first-order valence-electron chi connectivity index (χ1n) is 5.85. The smallest absolute Gasteiger partial charge is 0.325 e. The second-order valence-electron chi connectivity index (χ2n) is 3.85. The summed E-state index contributed by atoms with van der Waals surface area (Å²) in [6.07, 6.45) is 0. The summed E-state index contributed by atoms with van der Waals surface area (Å²) < 4.78 is 18.9. The third-order valence-corrected chi connectivity index (χ3v) is 4.15. The molecule has 4 nitrogen and oxygen atoms in total. The molecule has 0 fully saturated rings. The van der Waals surface area contributed by atoms with E-state index in [4.69, 9.17) is 16.3 Å². The summed E-state index contributed by atoms with van der Waals surface area (Å²) in [7, 11) is 0. The highest BCUT2D eigenvalue weighted by Gasteiger charge is 2.19. The minimum absolute atomic E-state index is 0.0597. The molecule has 1 N–H and O–H groups in total. The normalized spacial score (nSPS) is 10.6. The van der Waals surface area contributed by atoms with Crippen molar-refractivity contribution in [2.24, 2.45) is 0 Å². The first-order chi connectivity index (χ1) is 9.54. The molecule has 0 unspecified atom stereocenters. The van der Waals surface area contributed by atoms with Gasteiger partial charge in [0.15, 0.2) is 0 Å². The number of carbonyl (C=O) groups excluding carboxylic acids is 2. The van der Waals surface area contributed by atoms with Crippen molar-refractivity contribution in [2.75, 3.05) is 13.2 Å². The van der Waals surface area contributed by atoms with Gasteiger partial charge >= 0.3 is 5.97 Å². The molecule has 0 aliphatic carbocycles. The Morgan fingerprint density at radius 1 is 1.45 bits per heavy atom. The standard InChI is InChI=1S/C13H11ClFNO3S/c1-2-19-9(17)6-16-13(18)12-11(14)10-7(15)4-3-5-8(10)20-12/h3-5H,2,6H2,1H3,(H,16,18). The van der Waals surface area contributed by atoms with E-state index in [9.17, 15) is 14.0 Å². The lowest BCUT2D eigenvalue weighted by molar-refractivity contribution is -0.141. The van der Waals surface area contributed by atoms with Crippen LogP contribution in [0.1, 0.15) is 16.6 Å². The molecule has 0 saturated heterocycles. The first kappa shape index (κ1) is 14.7. The van der Waals surface area contributed by atoms with Gasteiger partial charge in [0, 0.05) is 10.1 Å². The van der Waals surface area contributed by atoms with Crippen LogP contribution in [0, 0.1) is 5.82 Å². The van der Waals surface area contributed by atoms with Gasteiger partial charge in [0.1, 0.15) is 17.2 Å². The third-order valence-electron chi connectivity index (χ3n) is 2.51. The second-order valence-corrected chi connectivity index (χ2v) is 5.28. The molecular formula is C13H11ClFNO3S. The van der Waals surface area contributed by atoms with Crippen LogP contribution < -0.4 is 5.32 Å². The molecule has 1 aromatic carbocycles. The molecule has 7 heteroatoms. The van der Waals surface area contributed by atoms with Gasteiger partial charge in [0.05, 0.1) is 11.6 Å². The van der Waals surface area contributed by atoms with E-state index in [1.807, 2.05) is 0 Å². The Bertz CT molecular complexity index is 671. The van der Waals surface area contributed by atoms with Crippen molar-refractivity contribution in [3.63, 3.8) is 0 Å². The van der Waals surface area contributed by atoms with Crippen molar-refractivity contribution >= 4 is 44.9 Å². The third kappa shape index (κ3) is 2.91. The van der Waals surface area contributed by atoms with Crippen LogP contribution in [-0.2, 0) is 9.53 Å². The number of esters is 1. The lowest BCUT2D eigenvalue weighted by Crippen LogP contribution is -2.30. The zero-order chi connectivity index (χ0) is 14.7. The van der Waals surface area contributed by atoms with E-state index < -0.39 is 17.7 Å². The summed E-state index contributed by atoms with van der Waals surface area (Å²) in [5, 5.41) is 2.68. The van der Waals surface area contributed by atoms with E-state index in [0.717, 1.165) is 11.3 Å². The molecule has 2 aromatic rings. The van der Waals surface area contributed by atoms with Gasteiger partial charge in [-0.15, -0.1) is 11.3 Å². The van der Waals surface area contributed by atoms with Crippen LogP contribution in [0.4, 0.5) is 4.39 Å². The van der Waals surface area contributed by atoms with E-state index in [1.165, 1.54) is 6.07 Å². The minimum atomic E-state index is -0.538. The van der Waals surface area contributed by atoms with Gasteiger partial charge in [-0.05, 0) is 19.1 Å². The number of hydrogen-bond donors (Lipinski definition) is 1.